The molecule has 0 aliphatic heterocycles. The van der Waals surface area contributed by atoms with Crippen LogP contribution in [-0.2, 0) is 16.0 Å². The lowest BCUT2D eigenvalue weighted by atomic mass is 9.95. The Balaban J connectivity index is 3.06. The molecule has 1 N–H and O–H groups in total. The van der Waals surface area contributed by atoms with Gasteiger partial charge in [0, 0.05) is 16.3 Å². The zero-order chi connectivity index (χ0) is 26.3. The van der Waals surface area contributed by atoms with Crippen molar-refractivity contribution in [2.75, 3.05) is 7.11 Å². The first kappa shape index (κ1) is 27.9. The van der Waals surface area contributed by atoms with Crippen LogP contribution in [0.4, 0.5) is 0 Å². The maximum atomic E-state index is 13.2. The van der Waals surface area contributed by atoms with E-state index in [-0.39, 0.29) is 22.1 Å². The summed E-state index contributed by atoms with van der Waals surface area (Å²) in [5, 5.41) is 11.0. The van der Waals surface area contributed by atoms with Crippen LogP contribution in [0.2, 0.25) is 36.3 Å². The van der Waals surface area contributed by atoms with Crippen LogP contribution >= 0.6 is 0 Å². The van der Waals surface area contributed by atoms with Crippen LogP contribution in [-0.4, -0.2) is 40.8 Å². The molecule has 2 rings (SSSR count). The molecule has 2 aromatic rings. The molecule has 0 spiro atoms. The minimum absolute atomic E-state index is 0.129. The first-order valence-corrected chi connectivity index (χ1v) is 17.4. The van der Waals surface area contributed by atoms with E-state index >= 15 is 0 Å². The van der Waals surface area contributed by atoms with Gasteiger partial charge in [0.2, 0.25) is 0 Å². The molecule has 0 saturated heterocycles. The number of esters is 1. The fraction of sp³-hybridized carbons (Fsp3) is 0.538. The van der Waals surface area contributed by atoms with E-state index < -0.39 is 28.6 Å². The topological polar surface area (TPSA) is 82.1 Å². The summed E-state index contributed by atoms with van der Waals surface area (Å²) < 4.78 is 18.6. The number of carboxylic acids is 1. The van der Waals surface area contributed by atoms with Gasteiger partial charge in [-0.25, -0.2) is 4.79 Å². The van der Waals surface area contributed by atoms with E-state index in [1.54, 1.807) is 0 Å². The van der Waals surface area contributed by atoms with E-state index in [0.717, 1.165) is 10.8 Å². The summed E-state index contributed by atoms with van der Waals surface area (Å²) in [6.07, 6.45) is -0.382. The van der Waals surface area contributed by atoms with Crippen molar-refractivity contribution >= 4 is 39.3 Å². The van der Waals surface area contributed by atoms with Crippen molar-refractivity contribution in [3.05, 3.63) is 35.4 Å². The van der Waals surface area contributed by atoms with Crippen molar-refractivity contribution in [2.24, 2.45) is 0 Å². The van der Waals surface area contributed by atoms with Crippen LogP contribution < -0.4 is 8.85 Å². The molecule has 6 nitrogen and oxygen atoms in total. The van der Waals surface area contributed by atoms with Crippen molar-refractivity contribution in [3.8, 4) is 11.5 Å². The van der Waals surface area contributed by atoms with E-state index in [1.807, 2.05) is 24.3 Å². The lowest BCUT2D eigenvalue weighted by Crippen LogP contribution is -2.45. The Morgan fingerprint density at radius 3 is 1.62 bits per heavy atom. The molecule has 0 bridgehead atoms. The maximum absolute atomic E-state index is 13.2. The summed E-state index contributed by atoms with van der Waals surface area (Å²) in [5.74, 6) is -0.866. The van der Waals surface area contributed by atoms with E-state index in [9.17, 15) is 14.7 Å². The number of carbonyl (C=O) groups excluding carboxylic acids is 1. The standard InChI is InChI=1S/C26H40O6Si2/c1-25(2,3)33(8,9)31-22-17-14-12-13-15-18(17)23(32-34(10,11)26(4,5)6)21(24(29)30-7)19(22)16-20(27)28/h12-15H,16H2,1-11H3,(H,27,28). The Labute approximate surface area is 205 Å². The number of ether oxygens (including phenoxy) is 1. The fourth-order valence-corrected chi connectivity index (χ4v) is 5.18. The minimum Gasteiger partial charge on any atom is -0.543 e. The number of aliphatic carboxylic acids is 1. The van der Waals surface area contributed by atoms with Gasteiger partial charge in [0.05, 0.1) is 13.5 Å². The average molecular weight is 505 g/mol. The van der Waals surface area contributed by atoms with Crippen molar-refractivity contribution in [3.63, 3.8) is 0 Å². The highest BCUT2D eigenvalue weighted by molar-refractivity contribution is 6.75. The largest absolute Gasteiger partial charge is 0.543 e. The van der Waals surface area contributed by atoms with Crippen LogP contribution in [0.3, 0.4) is 0 Å². The molecule has 8 heteroatoms. The van der Waals surface area contributed by atoms with Gasteiger partial charge < -0.3 is 18.7 Å². The number of methoxy groups -OCH3 is 1. The van der Waals surface area contributed by atoms with Crippen LogP contribution in [0.5, 0.6) is 11.5 Å². The van der Waals surface area contributed by atoms with Gasteiger partial charge in [0.1, 0.15) is 17.1 Å². The summed E-state index contributed by atoms with van der Waals surface area (Å²) in [6.45, 7) is 21.1. The van der Waals surface area contributed by atoms with E-state index in [4.69, 9.17) is 13.6 Å². The number of hydrogen-bond acceptors (Lipinski definition) is 5. The highest BCUT2D eigenvalue weighted by Gasteiger charge is 2.43. The molecule has 0 amide bonds. The third-order valence-electron chi connectivity index (χ3n) is 7.26. The van der Waals surface area contributed by atoms with Crippen molar-refractivity contribution in [2.45, 2.75) is 84.2 Å². The van der Waals surface area contributed by atoms with Crippen molar-refractivity contribution < 1.29 is 28.3 Å². The Morgan fingerprint density at radius 1 is 0.824 bits per heavy atom. The van der Waals surface area contributed by atoms with Gasteiger partial charge in [-0.2, -0.15) is 0 Å². The van der Waals surface area contributed by atoms with Crippen LogP contribution in [0.15, 0.2) is 24.3 Å². The summed E-state index contributed by atoms with van der Waals surface area (Å²) in [6, 6.07) is 7.57. The van der Waals surface area contributed by atoms with E-state index in [0.29, 0.717) is 17.1 Å². The summed E-state index contributed by atoms with van der Waals surface area (Å²) in [4.78, 5) is 25.2. The zero-order valence-corrected chi connectivity index (χ0v) is 24.5. The monoisotopic (exact) mass is 504 g/mol. The highest BCUT2D eigenvalue weighted by atomic mass is 28.4. The SMILES string of the molecule is COC(=O)c1c(CC(=O)O)c(O[Si](C)(C)C(C)(C)C)c2ccccc2c1O[Si](C)(C)C(C)(C)C. The van der Waals surface area contributed by atoms with Crippen LogP contribution in [0, 0.1) is 0 Å². The molecule has 2 aromatic carbocycles. The van der Waals surface area contributed by atoms with Gasteiger partial charge in [0.25, 0.3) is 16.6 Å². The summed E-state index contributed by atoms with van der Waals surface area (Å²) in [5.41, 5.74) is 0.443. The second-order valence-electron chi connectivity index (χ2n) is 11.8. The predicted octanol–water partition coefficient (Wildman–Crippen LogP) is 7.02. The quantitative estimate of drug-likeness (QED) is 0.322. The molecule has 0 fully saturated rings. The van der Waals surface area contributed by atoms with Crippen LogP contribution in [0.25, 0.3) is 10.8 Å². The molecular formula is C26H40O6Si2. The molecular weight excluding hydrogens is 464 g/mol. The lowest BCUT2D eigenvalue weighted by Gasteiger charge is -2.39. The molecule has 0 unspecified atom stereocenters. The average Bonchev–Trinajstić information content (AvgIpc) is 2.68. The number of fused-ring (bicyclic) bond motifs is 1. The molecule has 0 radical (unpaired) electrons. The Bertz CT molecular complexity index is 1090. The van der Waals surface area contributed by atoms with Crippen molar-refractivity contribution in [1.82, 2.24) is 0 Å². The molecule has 0 aromatic heterocycles. The number of hydrogen-bond donors (Lipinski definition) is 1. The molecule has 0 aliphatic rings. The highest BCUT2D eigenvalue weighted by Crippen LogP contribution is 2.48. The normalized spacial score (nSPS) is 13.0. The maximum Gasteiger partial charge on any atom is 0.342 e. The predicted molar refractivity (Wildman–Crippen MR) is 142 cm³/mol. The third-order valence-corrected chi connectivity index (χ3v) is 15.9. The van der Waals surface area contributed by atoms with Gasteiger partial charge in [-0.1, -0.05) is 65.8 Å². The Morgan fingerprint density at radius 2 is 1.24 bits per heavy atom. The van der Waals surface area contributed by atoms with Gasteiger partial charge in [0.15, 0.2) is 0 Å². The molecule has 188 valence electrons. The van der Waals surface area contributed by atoms with Crippen LogP contribution in [0.1, 0.15) is 57.5 Å². The number of rotatable bonds is 7. The van der Waals surface area contributed by atoms with Gasteiger partial charge in [-0.05, 0) is 36.3 Å². The third kappa shape index (κ3) is 5.49. The van der Waals surface area contributed by atoms with E-state index in [1.165, 1.54) is 7.11 Å². The van der Waals surface area contributed by atoms with Gasteiger partial charge in [-0.3, -0.25) is 4.79 Å². The molecule has 34 heavy (non-hydrogen) atoms. The lowest BCUT2D eigenvalue weighted by molar-refractivity contribution is -0.136. The first-order valence-electron chi connectivity index (χ1n) is 11.6. The Hall–Kier alpha value is -2.33. The smallest absolute Gasteiger partial charge is 0.342 e. The summed E-state index contributed by atoms with van der Waals surface area (Å²) in [7, 11) is -3.48. The molecule has 0 atom stereocenters. The van der Waals surface area contributed by atoms with E-state index in [2.05, 4.69) is 67.7 Å². The zero-order valence-electron chi connectivity index (χ0n) is 22.5. The second-order valence-corrected chi connectivity index (χ2v) is 21.3. The number of carboxylic acid groups (broad SMARTS) is 1. The van der Waals surface area contributed by atoms with Gasteiger partial charge in [-0.15, -0.1) is 0 Å². The minimum atomic E-state index is -2.40. The second kappa shape index (κ2) is 9.38. The fourth-order valence-electron chi connectivity index (χ4n) is 3.10. The Kier molecular flexibility index (Phi) is 7.70. The van der Waals surface area contributed by atoms with Crippen molar-refractivity contribution in [1.29, 1.82) is 0 Å². The summed E-state index contributed by atoms with van der Waals surface area (Å²) >= 11 is 0. The molecule has 0 saturated carbocycles. The van der Waals surface area contributed by atoms with Gasteiger partial charge >= 0.3 is 11.9 Å². The number of benzene rings is 2. The first-order chi connectivity index (χ1) is 15.3. The molecule has 0 heterocycles. The number of carbonyl (C=O) groups is 2. The molecule has 0 aliphatic carbocycles.